The number of amides is 1. The van der Waals surface area contributed by atoms with Crippen LogP contribution in [0.15, 0.2) is 60.9 Å². The quantitative estimate of drug-likeness (QED) is 0.418. The Hall–Kier alpha value is -2.79. The van der Waals surface area contributed by atoms with Gasteiger partial charge in [0.05, 0.1) is 31.1 Å². The number of hydrogen-bond donors (Lipinski definition) is 2. The summed E-state index contributed by atoms with van der Waals surface area (Å²) in [6.45, 7) is 5.31. The highest BCUT2D eigenvalue weighted by Gasteiger charge is 2.19. The molecule has 1 unspecified atom stereocenters. The van der Waals surface area contributed by atoms with Crippen LogP contribution in [0.5, 0.6) is 5.75 Å². The number of benzene rings is 2. The fourth-order valence-electron chi connectivity index (χ4n) is 3.12. The van der Waals surface area contributed by atoms with Gasteiger partial charge in [0.15, 0.2) is 0 Å². The lowest BCUT2D eigenvalue weighted by molar-refractivity contribution is -0.116. The molecule has 2 rings (SSSR count). The van der Waals surface area contributed by atoms with Gasteiger partial charge in [-0.1, -0.05) is 62.7 Å². The summed E-state index contributed by atoms with van der Waals surface area (Å²) in [5.41, 5.74) is 1.74. The molecule has 1 amide bonds. The van der Waals surface area contributed by atoms with Crippen molar-refractivity contribution in [2.75, 3.05) is 20.3 Å². The molecule has 0 saturated carbocycles. The maximum Gasteiger partial charge on any atom is 0.255 e. The van der Waals surface area contributed by atoms with Gasteiger partial charge in [0.25, 0.3) is 5.91 Å². The van der Waals surface area contributed by atoms with Gasteiger partial charge in [0.1, 0.15) is 5.75 Å². The van der Waals surface area contributed by atoms with E-state index in [1.54, 1.807) is 19.2 Å². The number of nitrogens with one attached hydrogen (secondary N) is 1. The van der Waals surface area contributed by atoms with Gasteiger partial charge in [0.2, 0.25) is 0 Å². The number of hydrogen-bond acceptors (Lipinski definition) is 4. The molecule has 0 aliphatic heterocycles. The normalized spacial score (nSPS) is 13.6. The van der Waals surface area contributed by atoms with Gasteiger partial charge >= 0.3 is 0 Å². The SMILES string of the molecule is CCCC(C)COc1ccc(C(=CO)C(=O)N[C@H](COC)c2ccccc2)cc1. The van der Waals surface area contributed by atoms with E-state index in [-0.39, 0.29) is 17.5 Å². The highest BCUT2D eigenvalue weighted by Crippen LogP contribution is 2.21. The summed E-state index contributed by atoms with van der Waals surface area (Å²) in [6, 6.07) is 16.5. The van der Waals surface area contributed by atoms with Crippen LogP contribution in [0.2, 0.25) is 0 Å². The van der Waals surface area contributed by atoms with Crippen LogP contribution in [0.4, 0.5) is 0 Å². The minimum atomic E-state index is -0.372. The molecule has 29 heavy (non-hydrogen) atoms. The first-order valence-corrected chi connectivity index (χ1v) is 10.0. The van der Waals surface area contributed by atoms with Gasteiger partial charge in [-0.2, -0.15) is 0 Å². The highest BCUT2D eigenvalue weighted by molar-refractivity contribution is 6.19. The number of ether oxygens (including phenoxy) is 2. The first-order valence-electron chi connectivity index (χ1n) is 10.0. The summed E-state index contributed by atoms with van der Waals surface area (Å²) in [4.78, 5) is 12.8. The molecule has 0 aromatic heterocycles. The molecule has 2 atom stereocenters. The smallest absolute Gasteiger partial charge is 0.255 e. The van der Waals surface area contributed by atoms with Crippen molar-refractivity contribution in [1.29, 1.82) is 0 Å². The molecule has 0 heterocycles. The van der Waals surface area contributed by atoms with Crippen molar-refractivity contribution in [3.8, 4) is 5.75 Å². The monoisotopic (exact) mass is 397 g/mol. The van der Waals surface area contributed by atoms with E-state index in [1.807, 2.05) is 42.5 Å². The van der Waals surface area contributed by atoms with E-state index in [2.05, 4.69) is 19.2 Å². The number of rotatable bonds is 11. The highest BCUT2D eigenvalue weighted by atomic mass is 16.5. The Kier molecular flexibility index (Phi) is 9.25. The molecule has 0 spiro atoms. The molecule has 5 nitrogen and oxygen atoms in total. The number of aliphatic hydroxyl groups excluding tert-OH is 1. The average Bonchev–Trinajstić information content (AvgIpc) is 2.74. The maximum absolute atomic E-state index is 12.8. The molecule has 0 fully saturated rings. The van der Waals surface area contributed by atoms with Crippen molar-refractivity contribution in [2.45, 2.75) is 32.7 Å². The number of methoxy groups -OCH3 is 1. The third-order valence-corrected chi connectivity index (χ3v) is 4.70. The van der Waals surface area contributed by atoms with Gasteiger partial charge in [-0.3, -0.25) is 4.79 Å². The van der Waals surface area contributed by atoms with Crippen LogP contribution in [-0.2, 0) is 9.53 Å². The lowest BCUT2D eigenvalue weighted by Gasteiger charge is -2.19. The van der Waals surface area contributed by atoms with E-state index in [9.17, 15) is 9.90 Å². The van der Waals surface area contributed by atoms with Crippen molar-refractivity contribution < 1.29 is 19.4 Å². The largest absolute Gasteiger partial charge is 0.515 e. The van der Waals surface area contributed by atoms with Crippen molar-refractivity contribution in [3.63, 3.8) is 0 Å². The molecule has 0 aliphatic carbocycles. The molecular weight excluding hydrogens is 366 g/mol. The summed E-state index contributed by atoms with van der Waals surface area (Å²) in [5.74, 6) is 0.869. The first-order chi connectivity index (χ1) is 14.1. The fraction of sp³-hybridized carbons (Fsp3) is 0.375. The van der Waals surface area contributed by atoms with E-state index in [1.165, 1.54) is 0 Å². The van der Waals surface area contributed by atoms with E-state index < -0.39 is 0 Å². The number of aliphatic hydroxyl groups is 1. The van der Waals surface area contributed by atoms with E-state index >= 15 is 0 Å². The Bertz CT molecular complexity index is 771. The zero-order chi connectivity index (χ0) is 21.1. The Morgan fingerprint density at radius 2 is 1.79 bits per heavy atom. The van der Waals surface area contributed by atoms with Gasteiger partial charge in [-0.25, -0.2) is 0 Å². The molecule has 156 valence electrons. The fourth-order valence-corrected chi connectivity index (χ4v) is 3.12. The van der Waals surface area contributed by atoms with Crippen LogP contribution in [0.1, 0.15) is 43.9 Å². The summed E-state index contributed by atoms with van der Waals surface area (Å²) in [5, 5.41) is 12.6. The second-order valence-corrected chi connectivity index (χ2v) is 7.16. The molecule has 5 heteroatoms. The summed E-state index contributed by atoms with van der Waals surface area (Å²) in [7, 11) is 1.59. The summed E-state index contributed by atoms with van der Waals surface area (Å²) < 4.78 is 11.0. The van der Waals surface area contributed by atoms with Gasteiger partial charge in [-0.05, 0) is 35.6 Å². The predicted octanol–water partition coefficient (Wildman–Crippen LogP) is 4.90. The van der Waals surface area contributed by atoms with Crippen LogP contribution >= 0.6 is 0 Å². The summed E-state index contributed by atoms with van der Waals surface area (Å²) >= 11 is 0. The zero-order valence-corrected chi connectivity index (χ0v) is 17.4. The van der Waals surface area contributed by atoms with Gasteiger partial charge < -0.3 is 19.9 Å². The average molecular weight is 398 g/mol. The Morgan fingerprint density at radius 3 is 2.38 bits per heavy atom. The molecule has 0 saturated heterocycles. The Balaban J connectivity index is 2.05. The third-order valence-electron chi connectivity index (χ3n) is 4.70. The molecule has 0 radical (unpaired) electrons. The van der Waals surface area contributed by atoms with Gasteiger partial charge in [0, 0.05) is 7.11 Å². The van der Waals surface area contributed by atoms with Crippen molar-refractivity contribution in [2.24, 2.45) is 5.92 Å². The van der Waals surface area contributed by atoms with Gasteiger partial charge in [-0.15, -0.1) is 0 Å². The Labute approximate surface area is 173 Å². The van der Waals surface area contributed by atoms with Crippen LogP contribution in [0.25, 0.3) is 5.57 Å². The van der Waals surface area contributed by atoms with E-state index in [0.717, 1.165) is 30.4 Å². The topological polar surface area (TPSA) is 67.8 Å². The maximum atomic E-state index is 12.8. The van der Waals surface area contributed by atoms with Crippen molar-refractivity contribution >= 4 is 11.5 Å². The minimum absolute atomic E-state index is 0.188. The number of carbonyl (C=O) groups is 1. The molecular formula is C24H31NO4. The second-order valence-electron chi connectivity index (χ2n) is 7.16. The van der Waals surface area contributed by atoms with E-state index in [0.29, 0.717) is 24.7 Å². The molecule has 2 aromatic rings. The van der Waals surface area contributed by atoms with E-state index in [4.69, 9.17) is 9.47 Å². The van der Waals surface area contributed by atoms with Crippen molar-refractivity contribution in [1.82, 2.24) is 5.32 Å². The first kappa shape index (κ1) is 22.5. The second kappa shape index (κ2) is 11.9. The molecule has 2 N–H and O–H groups in total. The molecule has 0 bridgehead atoms. The summed E-state index contributed by atoms with van der Waals surface area (Å²) in [6.07, 6.45) is 3.10. The predicted molar refractivity (Wildman–Crippen MR) is 116 cm³/mol. The Morgan fingerprint density at radius 1 is 1.10 bits per heavy atom. The van der Waals surface area contributed by atoms with Crippen LogP contribution < -0.4 is 10.1 Å². The van der Waals surface area contributed by atoms with Crippen LogP contribution in [0.3, 0.4) is 0 Å². The number of carbonyl (C=O) groups excluding carboxylic acids is 1. The molecule has 2 aromatic carbocycles. The molecule has 0 aliphatic rings. The van der Waals surface area contributed by atoms with Crippen molar-refractivity contribution in [3.05, 3.63) is 72.0 Å². The lowest BCUT2D eigenvalue weighted by Crippen LogP contribution is -2.32. The van der Waals surface area contributed by atoms with Crippen LogP contribution in [0, 0.1) is 5.92 Å². The standard InChI is InChI=1S/C24H31NO4/c1-4-8-18(2)16-29-21-13-11-19(12-14-21)22(15-26)24(27)25-23(17-28-3)20-9-6-5-7-10-20/h5-7,9-15,18,23,26H,4,8,16-17H2,1-3H3,(H,25,27)/t18?,23-/m1/s1. The zero-order valence-electron chi connectivity index (χ0n) is 17.4. The third kappa shape index (κ3) is 6.95. The lowest BCUT2D eigenvalue weighted by atomic mass is 10.0. The minimum Gasteiger partial charge on any atom is -0.515 e. The van der Waals surface area contributed by atoms with Crippen LogP contribution in [-0.4, -0.2) is 31.3 Å².